The molecule has 2 aromatic carbocycles. The molecule has 2 aromatic rings. The molecule has 4 nitrogen and oxygen atoms in total. The molecule has 4 heterocycles. The average Bonchev–Trinajstić information content (AvgIpc) is 3.29. The van der Waals surface area contributed by atoms with Crippen LogP contribution < -0.4 is 0 Å². The third-order valence-corrected chi connectivity index (χ3v) is 5.50. The summed E-state index contributed by atoms with van der Waals surface area (Å²) in [5.74, 6) is 0. The molecule has 0 atom stereocenters. The zero-order valence-electron chi connectivity index (χ0n) is 15.9. The number of nitrogens with zero attached hydrogens (tertiary/aromatic N) is 4. The van der Waals surface area contributed by atoms with E-state index in [9.17, 15) is 0 Å². The first-order valence-corrected chi connectivity index (χ1v) is 9.72. The number of hydrogen-bond donors (Lipinski definition) is 0. The smallest absolute Gasteiger partial charge is 0.450 e. The van der Waals surface area contributed by atoms with Crippen LogP contribution in [0.1, 0.15) is 22.3 Å². The van der Waals surface area contributed by atoms with Gasteiger partial charge in [-0.15, -0.1) is 35.7 Å². The van der Waals surface area contributed by atoms with E-state index in [-0.39, 0.29) is 21.1 Å². The fourth-order valence-corrected chi connectivity index (χ4v) is 4.16. The minimum atomic E-state index is 0. The zero-order chi connectivity index (χ0) is 18.5. The predicted octanol–water partition coefficient (Wildman–Crippen LogP) is 4.10. The van der Waals surface area contributed by atoms with Crippen LogP contribution in [0.5, 0.6) is 0 Å². The van der Waals surface area contributed by atoms with Crippen molar-refractivity contribution >= 4 is 0 Å². The summed E-state index contributed by atoms with van der Waals surface area (Å²) in [6, 6.07) is 24.5. The third-order valence-electron chi connectivity index (χ3n) is 5.50. The van der Waals surface area contributed by atoms with E-state index in [0.717, 1.165) is 25.9 Å². The molecule has 4 aliphatic rings. The summed E-state index contributed by atoms with van der Waals surface area (Å²) < 4.78 is 8.86. The predicted molar refractivity (Wildman–Crippen MR) is 108 cm³/mol. The molecule has 29 heavy (non-hydrogen) atoms. The number of aryl methyl sites for hydroxylation is 2. The number of aromatic nitrogens is 4. The Hall–Kier alpha value is -2.71. The molecule has 0 aliphatic carbocycles. The summed E-state index contributed by atoms with van der Waals surface area (Å²) in [5, 5.41) is 0. The first-order chi connectivity index (χ1) is 13.8. The Bertz CT molecular complexity index is 1140. The Labute approximate surface area is 184 Å². The van der Waals surface area contributed by atoms with E-state index in [0.29, 0.717) is 0 Å². The normalized spacial score (nSPS) is 13.4. The monoisotopic (exact) mass is 559 g/mol. The van der Waals surface area contributed by atoms with E-state index < -0.39 is 0 Å². The summed E-state index contributed by atoms with van der Waals surface area (Å²) in [6.45, 7) is 1.64. The van der Waals surface area contributed by atoms with Crippen molar-refractivity contribution in [3.63, 3.8) is 0 Å². The van der Waals surface area contributed by atoms with Gasteiger partial charge in [0.2, 0.25) is 0 Å². The fraction of sp³-hybridized carbons (Fsp3) is 0.167. The van der Waals surface area contributed by atoms with Crippen molar-refractivity contribution < 1.29 is 21.1 Å². The molecule has 146 valence electrons. The molecule has 0 saturated heterocycles. The SMILES string of the molecule is [Pt+4].[c-]1c2cccc1Cn1cc3ccc4cn([cH-]n-4n-3[cH-]1)Cc1[c-]c(ccc1)CC2. The second-order valence-electron chi connectivity index (χ2n) is 7.61. The topological polar surface area (TPSA) is 19.7 Å². The molecule has 0 aromatic heterocycles. The van der Waals surface area contributed by atoms with Crippen molar-refractivity contribution in [1.82, 2.24) is 18.5 Å². The first-order valence-electron chi connectivity index (χ1n) is 9.72. The van der Waals surface area contributed by atoms with E-state index >= 15 is 0 Å². The summed E-state index contributed by atoms with van der Waals surface area (Å²) >= 11 is 0. The molecule has 5 heteroatoms. The van der Waals surface area contributed by atoms with Crippen molar-refractivity contribution in [2.75, 3.05) is 0 Å². The van der Waals surface area contributed by atoms with Gasteiger partial charge in [0.15, 0.2) is 0 Å². The quantitative estimate of drug-likeness (QED) is 0.255. The summed E-state index contributed by atoms with van der Waals surface area (Å²) in [4.78, 5) is 0. The maximum atomic E-state index is 3.61. The Balaban J connectivity index is 0.00000181. The van der Waals surface area contributed by atoms with Gasteiger partial charge in [-0.25, -0.2) is 0 Å². The molecular formula is C24H20N4Pt. The van der Waals surface area contributed by atoms with Gasteiger partial charge in [0.05, 0.1) is 0 Å². The van der Waals surface area contributed by atoms with Crippen LogP contribution in [0.25, 0.3) is 11.4 Å². The van der Waals surface area contributed by atoms with Gasteiger partial charge < -0.3 is 18.5 Å². The fourth-order valence-electron chi connectivity index (χ4n) is 4.16. The van der Waals surface area contributed by atoms with E-state index in [4.69, 9.17) is 0 Å². The molecule has 0 saturated carbocycles. The van der Waals surface area contributed by atoms with Gasteiger partial charge in [0.1, 0.15) is 0 Å². The van der Waals surface area contributed by atoms with E-state index in [1.54, 1.807) is 0 Å². The standard InChI is InChI=1S/C24H20N4.Pt/c1-3-19-7-8-20-4-2-6-22(12-20)14-26-16-24-10-9-23-15-25(13-21(5-1)11-19)17-27(23)28(24)18-26;/h1-6,9-10,15-18H,7-8,13-14H2;/q-4;+4. The molecule has 6 rings (SSSR count). The van der Waals surface area contributed by atoms with Gasteiger partial charge in [0, 0.05) is 13.1 Å². The Morgan fingerprint density at radius 2 is 1.07 bits per heavy atom. The van der Waals surface area contributed by atoms with Crippen molar-refractivity contribution in [2.24, 2.45) is 0 Å². The first kappa shape index (κ1) is 18.3. The van der Waals surface area contributed by atoms with Crippen LogP contribution in [0.4, 0.5) is 0 Å². The second-order valence-corrected chi connectivity index (χ2v) is 7.61. The van der Waals surface area contributed by atoms with Gasteiger partial charge in [-0.05, 0) is 25.5 Å². The van der Waals surface area contributed by atoms with Gasteiger partial charge in [-0.3, -0.25) is 0 Å². The third kappa shape index (κ3) is 3.42. The minimum absolute atomic E-state index is 0. The average molecular weight is 560 g/mol. The van der Waals surface area contributed by atoms with Gasteiger partial charge in [-0.1, -0.05) is 11.4 Å². The Morgan fingerprint density at radius 1 is 0.621 bits per heavy atom. The summed E-state index contributed by atoms with van der Waals surface area (Å²) in [6.07, 6.45) is 10.7. The van der Waals surface area contributed by atoms with Crippen molar-refractivity contribution in [3.8, 4) is 11.4 Å². The summed E-state index contributed by atoms with van der Waals surface area (Å²) in [7, 11) is 0. The molecule has 0 fully saturated rings. The zero-order valence-corrected chi connectivity index (χ0v) is 18.1. The van der Waals surface area contributed by atoms with Crippen LogP contribution in [0.2, 0.25) is 0 Å². The molecule has 0 spiro atoms. The van der Waals surface area contributed by atoms with Crippen LogP contribution in [-0.4, -0.2) is 18.5 Å². The van der Waals surface area contributed by atoms with Crippen molar-refractivity contribution in [3.05, 3.63) is 108 Å². The number of benzene rings is 2. The summed E-state index contributed by atoms with van der Waals surface area (Å²) in [5.41, 5.74) is 7.29. The second kappa shape index (κ2) is 7.27. The van der Waals surface area contributed by atoms with Crippen LogP contribution >= 0.6 is 0 Å². The number of hydrogen-bond acceptors (Lipinski definition) is 0. The molecule has 4 aliphatic heterocycles. The van der Waals surface area contributed by atoms with Crippen molar-refractivity contribution in [2.45, 2.75) is 25.9 Å². The van der Waals surface area contributed by atoms with E-state index in [1.807, 2.05) is 0 Å². The van der Waals surface area contributed by atoms with E-state index in [1.165, 1.54) is 33.6 Å². The van der Waals surface area contributed by atoms with Gasteiger partial charge >= 0.3 is 21.1 Å². The van der Waals surface area contributed by atoms with Crippen LogP contribution in [-0.2, 0) is 47.0 Å². The molecule has 8 bridgehead atoms. The number of fused-ring (bicyclic) bond motifs is 6. The Morgan fingerprint density at radius 3 is 1.55 bits per heavy atom. The maximum absolute atomic E-state index is 3.61. The molecule has 0 amide bonds. The number of rotatable bonds is 0. The van der Waals surface area contributed by atoms with Crippen LogP contribution in [0.15, 0.2) is 73.6 Å². The van der Waals surface area contributed by atoms with Crippen LogP contribution in [0, 0.1) is 12.1 Å². The molecule has 0 N–H and O–H groups in total. The molecule has 0 radical (unpaired) electrons. The molecule has 0 unspecified atom stereocenters. The van der Waals surface area contributed by atoms with E-state index in [2.05, 4.69) is 104 Å². The minimum Gasteiger partial charge on any atom is -0.450 e. The van der Waals surface area contributed by atoms with Gasteiger partial charge in [0.25, 0.3) is 0 Å². The van der Waals surface area contributed by atoms with Gasteiger partial charge in [-0.2, -0.15) is 59.7 Å². The van der Waals surface area contributed by atoms with Crippen molar-refractivity contribution in [1.29, 1.82) is 0 Å². The van der Waals surface area contributed by atoms with Crippen LogP contribution in [0.3, 0.4) is 0 Å². The molecular weight excluding hydrogens is 539 g/mol. The maximum Gasteiger partial charge on any atom is 4.00 e. The largest absolute Gasteiger partial charge is 4.00 e. The Kier molecular flexibility index (Phi) is 4.60. The number of imidazole rings is 2.